The van der Waals surface area contributed by atoms with E-state index in [2.05, 4.69) is 19.2 Å². The van der Waals surface area contributed by atoms with Crippen LogP contribution < -0.4 is 9.62 Å². The van der Waals surface area contributed by atoms with Crippen molar-refractivity contribution in [2.45, 2.75) is 52.4 Å². The van der Waals surface area contributed by atoms with Crippen LogP contribution in [0.2, 0.25) is 0 Å². The van der Waals surface area contributed by atoms with E-state index in [0.717, 1.165) is 44.1 Å². The van der Waals surface area contributed by atoms with Crippen LogP contribution in [0, 0.1) is 5.92 Å². The van der Waals surface area contributed by atoms with E-state index in [1.54, 1.807) is 6.07 Å². The first-order valence-corrected chi connectivity index (χ1v) is 10.6. The standard InChI is InChI=1S/C18H28N2O3S/c1-4-7-15(8-5-2)18(21)19-16-11-10-14-9-6-12-20(17(14)13-16)24(3,22)23/h10-11,13,15H,4-9,12H2,1-3H3,(H,19,21). The average Bonchev–Trinajstić information content (AvgIpc) is 2.53. The summed E-state index contributed by atoms with van der Waals surface area (Å²) in [6, 6.07) is 5.59. The molecule has 0 saturated carbocycles. The zero-order valence-electron chi connectivity index (χ0n) is 14.8. The van der Waals surface area contributed by atoms with Crippen LogP contribution in [0.3, 0.4) is 0 Å². The maximum Gasteiger partial charge on any atom is 0.232 e. The lowest BCUT2D eigenvalue weighted by molar-refractivity contribution is -0.120. The van der Waals surface area contributed by atoms with E-state index in [1.165, 1.54) is 10.6 Å². The largest absolute Gasteiger partial charge is 0.326 e. The van der Waals surface area contributed by atoms with Crippen molar-refractivity contribution in [3.8, 4) is 0 Å². The Morgan fingerprint density at radius 2 is 1.92 bits per heavy atom. The number of hydrogen-bond acceptors (Lipinski definition) is 3. The van der Waals surface area contributed by atoms with E-state index >= 15 is 0 Å². The average molecular weight is 353 g/mol. The summed E-state index contributed by atoms with van der Waals surface area (Å²) in [5.74, 6) is 0.0439. The molecule has 0 fully saturated rings. The molecule has 1 amide bonds. The van der Waals surface area contributed by atoms with Crippen molar-refractivity contribution in [3.63, 3.8) is 0 Å². The zero-order valence-corrected chi connectivity index (χ0v) is 15.7. The Bertz CT molecular complexity index is 680. The lowest BCUT2D eigenvalue weighted by Gasteiger charge is -2.29. The summed E-state index contributed by atoms with van der Waals surface area (Å²) in [6.07, 6.45) is 6.62. The van der Waals surface area contributed by atoms with Gasteiger partial charge in [0.1, 0.15) is 0 Å². The number of aryl methyl sites for hydroxylation is 1. The molecule has 0 aliphatic carbocycles. The highest BCUT2D eigenvalue weighted by atomic mass is 32.2. The summed E-state index contributed by atoms with van der Waals surface area (Å²) in [7, 11) is -3.30. The Labute approximate surface area is 145 Å². The van der Waals surface area contributed by atoms with Crippen LogP contribution in [0.25, 0.3) is 0 Å². The van der Waals surface area contributed by atoms with Crippen LogP contribution in [-0.2, 0) is 21.2 Å². The van der Waals surface area contributed by atoms with Crippen LogP contribution >= 0.6 is 0 Å². The maximum absolute atomic E-state index is 12.5. The number of anilines is 2. The number of nitrogens with one attached hydrogen (secondary N) is 1. The van der Waals surface area contributed by atoms with Gasteiger partial charge in [-0.2, -0.15) is 0 Å². The molecule has 0 radical (unpaired) electrons. The van der Waals surface area contributed by atoms with E-state index in [0.29, 0.717) is 17.9 Å². The van der Waals surface area contributed by atoms with Gasteiger partial charge in [-0.15, -0.1) is 0 Å². The summed E-state index contributed by atoms with van der Waals surface area (Å²) < 4.78 is 25.4. The molecule has 0 spiro atoms. The van der Waals surface area contributed by atoms with Crippen molar-refractivity contribution in [3.05, 3.63) is 23.8 Å². The van der Waals surface area contributed by atoms with Gasteiger partial charge in [-0.25, -0.2) is 8.42 Å². The second kappa shape index (κ2) is 8.01. The second-order valence-corrected chi connectivity index (χ2v) is 8.45. The fourth-order valence-corrected chi connectivity index (χ4v) is 4.30. The molecule has 6 heteroatoms. The number of carbonyl (C=O) groups is 1. The quantitative estimate of drug-likeness (QED) is 0.816. The minimum atomic E-state index is -3.30. The topological polar surface area (TPSA) is 66.5 Å². The number of rotatable bonds is 7. The van der Waals surface area contributed by atoms with E-state index in [-0.39, 0.29) is 11.8 Å². The number of hydrogen-bond donors (Lipinski definition) is 1. The van der Waals surface area contributed by atoms with Gasteiger partial charge in [0.15, 0.2) is 0 Å². The summed E-state index contributed by atoms with van der Waals surface area (Å²) in [4.78, 5) is 12.5. The molecule has 1 N–H and O–H groups in total. The van der Waals surface area contributed by atoms with E-state index in [9.17, 15) is 13.2 Å². The second-order valence-electron chi connectivity index (χ2n) is 6.55. The SMILES string of the molecule is CCCC(CCC)C(=O)Nc1ccc2c(c1)N(S(C)(=O)=O)CCC2. The van der Waals surface area contributed by atoms with Gasteiger partial charge >= 0.3 is 0 Å². The van der Waals surface area contributed by atoms with Crippen LogP contribution in [0.4, 0.5) is 11.4 Å². The minimum Gasteiger partial charge on any atom is -0.326 e. The number of carbonyl (C=O) groups excluding carboxylic acids is 1. The predicted octanol–water partition coefficient (Wildman–Crippen LogP) is 3.55. The number of amides is 1. The third-order valence-corrected chi connectivity index (χ3v) is 5.65. The lowest BCUT2D eigenvalue weighted by atomic mass is 9.97. The van der Waals surface area contributed by atoms with Crippen molar-refractivity contribution in [2.24, 2.45) is 5.92 Å². The zero-order chi connectivity index (χ0) is 17.7. The smallest absolute Gasteiger partial charge is 0.232 e. The number of nitrogens with zero attached hydrogens (tertiary/aromatic N) is 1. The predicted molar refractivity (Wildman–Crippen MR) is 98.9 cm³/mol. The summed E-state index contributed by atoms with van der Waals surface area (Å²) in [6.45, 7) is 4.66. The normalized spacial score (nSPS) is 14.6. The van der Waals surface area contributed by atoms with Gasteiger partial charge in [0.2, 0.25) is 15.9 Å². The fraction of sp³-hybridized carbons (Fsp3) is 0.611. The Hall–Kier alpha value is -1.56. The number of fused-ring (bicyclic) bond motifs is 1. The van der Waals surface area contributed by atoms with Gasteiger partial charge in [-0.05, 0) is 43.4 Å². The third-order valence-electron chi connectivity index (χ3n) is 4.47. The molecule has 2 rings (SSSR count). The van der Waals surface area contributed by atoms with Crippen molar-refractivity contribution < 1.29 is 13.2 Å². The van der Waals surface area contributed by atoms with Gasteiger partial charge < -0.3 is 5.32 Å². The van der Waals surface area contributed by atoms with Crippen LogP contribution in [0.5, 0.6) is 0 Å². The Morgan fingerprint density at radius 3 is 2.50 bits per heavy atom. The summed E-state index contributed by atoms with van der Waals surface area (Å²) in [5.41, 5.74) is 2.39. The molecule has 1 heterocycles. The molecule has 1 aromatic carbocycles. The fourth-order valence-electron chi connectivity index (χ4n) is 3.31. The summed E-state index contributed by atoms with van der Waals surface area (Å²) >= 11 is 0. The minimum absolute atomic E-state index is 0.0158. The number of benzene rings is 1. The highest BCUT2D eigenvalue weighted by molar-refractivity contribution is 7.92. The highest BCUT2D eigenvalue weighted by Gasteiger charge is 2.25. The van der Waals surface area contributed by atoms with Crippen LogP contribution in [-0.4, -0.2) is 27.1 Å². The van der Waals surface area contributed by atoms with Crippen LogP contribution in [0.1, 0.15) is 51.5 Å². The Kier molecular flexibility index (Phi) is 6.27. The van der Waals surface area contributed by atoms with Crippen molar-refractivity contribution in [1.29, 1.82) is 0 Å². The Balaban J connectivity index is 2.22. The molecular formula is C18H28N2O3S. The molecule has 1 aliphatic rings. The Morgan fingerprint density at radius 1 is 1.25 bits per heavy atom. The molecule has 5 nitrogen and oxygen atoms in total. The van der Waals surface area contributed by atoms with E-state index < -0.39 is 10.0 Å². The van der Waals surface area contributed by atoms with E-state index in [1.807, 2.05) is 12.1 Å². The van der Waals surface area contributed by atoms with Gasteiger partial charge in [-0.3, -0.25) is 9.10 Å². The molecule has 0 unspecified atom stereocenters. The first-order valence-electron chi connectivity index (χ1n) is 8.78. The maximum atomic E-state index is 12.5. The van der Waals surface area contributed by atoms with Crippen molar-refractivity contribution >= 4 is 27.3 Å². The molecule has 0 bridgehead atoms. The van der Waals surface area contributed by atoms with Crippen molar-refractivity contribution in [2.75, 3.05) is 22.4 Å². The van der Waals surface area contributed by atoms with Gasteiger partial charge in [0.05, 0.1) is 11.9 Å². The van der Waals surface area contributed by atoms with Gasteiger partial charge in [0.25, 0.3) is 0 Å². The summed E-state index contributed by atoms with van der Waals surface area (Å²) in [5, 5.41) is 2.97. The molecule has 1 aromatic rings. The van der Waals surface area contributed by atoms with Gasteiger partial charge in [-0.1, -0.05) is 32.8 Å². The first-order chi connectivity index (χ1) is 11.4. The molecular weight excluding hydrogens is 324 g/mol. The van der Waals surface area contributed by atoms with Gasteiger partial charge in [0, 0.05) is 18.2 Å². The highest BCUT2D eigenvalue weighted by Crippen LogP contribution is 2.32. The van der Waals surface area contributed by atoms with Crippen LogP contribution in [0.15, 0.2) is 18.2 Å². The monoisotopic (exact) mass is 352 g/mol. The molecule has 1 aliphatic heterocycles. The lowest BCUT2D eigenvalue weighted by Crippen LogP contribution is -2.34. The molecule has 0 aromatic heterocycles. The molecule has 134 valence electrons. The first kappa shape index (κ1) is 18.8. The number of sulfonamides is 1. The third kappa shape index (κ3) is 4.50. The molecule has 24 heavy (non-hydrogen) atoms. The molecule has 0 atom stereocenters. The molecule has 0 saturated heterocycles. The van der Waals surface area contributed by atoms with Crippen molar-refractivity contribution in [1.82, 2.24) is 0 Å². The van der Waals surface area contributed by atoms with E-state index in [4.69, 9.17) is 0 Å².